The normalized spacial score (nSPS) is 12.5. The molecule has 22 heavy (non-hydrogen) atoms. The first-order valence-electron chi connectivity index (χ1n) is 6.83. The molecule has 0 bridgehead atoms. The quantitative estimate of drug-likeness (QED) is 0.803. The number of hydrogen-bond donors (Lipinski definition) is 1. The van der Waals surface area contributed by atoms with E-state index in [4.69, 9.17) is 4.74 Å². The fraction of sp³-hybridized carbons (Fsp3) is 0.267. The van der Waals surface area contributed by atoms with Gasteiger partial charge in [0.05, 0.1) is 16.7 Å². The molecule has 114 valence electrons. The Balaban J connectivity index is 1.87. The number of ether oxygens (including phenoxy) is 1. The van der Waals surface area contributed by atoms with E-state index in [1.807, 2.05) is 38.1 Å². The molecule has 0 aliphatic rings. The van der Waals surface area contributed by atoms with Gasteiger partial charge in [0.2, 0.25) is 0 Å². The van der Waals surface area contributed by atoms with Crippen LogP contribution in [0.3, 0.4) is 0 Å². The molecule has 1 N–H and O–H groups in total. The lowest BCUT2D eigenvalue weighted by molar-refractivity contribution is 0.101. The van der Waals surface area contributed by atoms with Gasteiger partial charge in [-0.3, -0.25) is 10.2 Å². The lowest BCUT2D eigenvalue weighted by Crippen LogP contribution is -2.21. The van der Waals surface area contributed by atoms with E-state index in [9.17, 15) is 4.79 Å². The standard InChI is InChI=1S/C15H16N4O2S/c1-9-13(22-15(17-9)10(2)21-3)14(20)18-19-8-16-11-6-4-5-7-12(11)19/h4-8,10H,1-3H3,(H,18,20)/t10-/m1/s1. The molecule has 0 saturated heterocycles. The predicted octanol–water partition coefficient (Wildman–Crippen LogP) is 2.89. The summed E-state index contributed by atoms with van der Waals surface area (Å²) in [4.78, 5) is 21.7. The molecular formula is C15H16N4O2S. The lowest BCUT2D eigenvalue weighted by atomic mass is 10.3. The Labute approximate surface area is 131 Å². The maximum atomic E-state index is 12.5. The summed E-state index contributed by atoms with van der Waals surface area (Å²) in [5.74, 6) is -0.201. The molecule has 0 aliphatic heterocycles. The Morgan fingerprint density at radius 2 is 2.18 bits per heavy atom. The summed E-state index contributed by atoms with van der Waals surface area (Å²) in [6, 6.07) is 7.62. The van der Waals surface area contributed by atoms with E-state index in [1.54, 1.807) is 18.1 Å². The molecule has 7 heteroatoms. The first-order chi connectivity index (χ1) is 10.6. The van der Waals surface area contributed by atoms with Gasteiger partial charge in [0.15, 0.2) is 0 Å². The Bertz CT molecular complexity index is 824. The zero-order valence-electron chi connectivity index (χ0n) is 12.5. The molecule has 0 saturated carbocycles. The zero-order chi connectivity index (χ0) is 15.7. The highest BCUT2D eigenvalue weighted by atomic mass is 32.1. The molecule has 3 rings (SSSR count). The number of fused-ring (bicyclic) bond motifs is 1. The molecule has 6 nitrogen and oxygen atoms in total. The van der Waals surface area contributed by atoms with Gasteiger partial charge in [-0.2, -0.15) is 0 Å². The average molecular weight is 316 g/mol. The molecular weight excluding hydrogens is 300 g/mol. The minimum Gasteiger partial charge on any atom is -0.375 e. The predicted molar refractivity (Wildman–Crippen MR) is 85.7 cm³/mol. The fourth-order valence-corrected chi connectivity index (χ4v) is 3.10. The van der Waals surface area contributed by atoms with E-state index in [-0.39, 0.29) is 12.0 Å². The van der Waals surface area contributed by atoms with Crippen LogP contribution in [0.5, 0.6) is 0 Å². The molecule has 0 radical (unpaired) electrons. The number of methoxy groups -OCH3 is 1. The molecule has 0 unspecified atom stereocenters. The van der Waals surface area contributed by atoms with Crippen molar-refractivity contribution < 1.29 is 9.53 Å². The van der Waals surface area contributed by atoms with Gasteiger partial charge in [0.25, 0.3) is 5.91 Å². The van der Waals surface area contributed by atoms with Gasteiger partial charge in [-0.1, -0.05) is 12.1 Å². The van der Waals surface area contributed by atoms with Gasteiger partial charge < -0.3 is 4.74 Å². The number of nitrogens with one attached hydrogen (secondary N) is 1. The van der Waals surface area contributed by atoms with Crippen molar-refractivity contribution in [2.45, 2.75) is 20.0 Å². The molecule has 1 aromatic carbocycles. The number of aryl methyl sites for hydroxylation is 1. The largest absolute Gasteiger partial charge is 0.375 e. The molecule has 1 amide bonds. The van der Waals surface area contributed by atoms with Crippen LogP contribution in [0.1, 0.15) is 33.4 Å². The van der Waals surface area contributed by atoms with E-state index in [2.05, 4.69) is 15.4 Å². The summed E-state index contributed by atoms with van der Waals surface area (Å²) in [5.41, 5.74) is 5.22. The second kappa shape index (κ2) is 5.86. The average Bonchev–Trinajstić information content (AvgIpc) is 3.11. The summed E-state index contributed by atoms with van der Waals surface area (Å²) in [6.45, 7) is 3.73. The summed E-state index contributed by atoms with van der Waals surface area (Å²) in [5, 5.41) is 0.792. The Morgan fingerprint density at radius 3 is 2.95 bits per heavy atom. The SMILES string of the molecule is CO[C@H](C)c1nc(C)c(C(=O)Nn2cnc3ccccc32)s1. The molecule has 3 aromatic rings. The van der Waals surface area contributed by atoms with Crippen LogP contribution in [0.15, 0.2) is 30.6 Å². The third-order valence-corrected chi connectivity index (χ3v) is 4.71. The number of para-hydroxylation sites is 2. The lowest BCUT2D eigenvalue weighted by Gasteiger charge is -2.06. The number of rotatable bonds is 4. The number of amides is 1. The van der Waals surface area contributed by atoms with E-state index in [1.165, 1.54) is 11.3 Å². The van der Waals surface area contributed by atoms with Crippen molar-refractivity contribution in [1.82, 2.24) is 14.6 Å². The Morgan fingerprint density at radius 1 is 1.41 bits per heavy atom. The van der Waals surface area contributed by atoms with Crippen LogP contribution >= 0.6 is 11.3 Å². The van der Waals surface area contributed by atoms with Gasteiger partial charge in [-0.25, -0.2) is 14.6 Å². The minimum atomic E-state index is -0.201. The van der Waals surface area contributed by atoms with Gasteiger partial charge in [-0.15, -0.1) is 11.3 Å². The number of benzene rings is 1. The van der Waals surface area contributed by atoms with Crippen molar-refractivity contribution in [2.24, 2.45) is 0 Å². The monoisotopic (exact) mass is 316 g/mol. The molecule has 0 fully saturated rings. The Kier molecular flexibility index (Phi) is 3.91. The second-order valence-corrected chi connectivity index (χ2v) is 5.92. The van der Waals surface area contributed by atoms with E-state index in [0.29, 0.717) is 10.6 Å². The summed E-state index contributed by atoms with van der Waals surface area (Å²) < 4.78 is 6.87. The number of aromatic nitrogens is 3. The van der Waals surface area contributed by atoms with Crippen LogP contribution in [0.25, 0.3) is 11.0 Å². The second-order valence-electron chi connectivity index (χ2n) is 4.89. The number of carbonyl (C=O) groups is 1. The van der Waals surface area contributed by atoms with Gasteiger partial charge in [0.1, 0.15) is 22.3 Å². The number of imidazole rings is 1. The van der Waals surface area contributed by atoms with Crippen molar-refractivity contribution in [3.05, 3.63) is 46.2 Å². The van der Waals surface area contributed by atoms with E-state index < -0.39 is 0 Å². The van der Waals surface area contributed by atoms with Crippen LogP contribution in [0.4, 0.5) is 0 Å². The number of nitrogens with zero attached hydrogens (tertiary/aromatic N) is 3. The molecule has 2 heterocycles. The van der Waals surface area contributed by atoms with Gasteiger partial charge >= 0.3 is 0 Å². The smallest absolute Gasteiger partial charge is 0.282 e. The van der Waals surface area contributed by atoms with Crippen LogP contribution < -0.4 is 5.43 Å². The maximum absolute atomic E-state index is 12.5. The number of thiazole rings is 1. The van der Waals surface area contributed by atoms with E-state index >= 15 is 0 Å². The highest BCUT2D eigenvalue weighted by molar-refractivity contribution is 7.14. The van der Waals surface area contributed by atoms with Crippen LogP contribution in [-0.2, 0) is 4.74 Å². The van der Waals surface area contributed by atoms with Crippen molar-refractivity contribution in [2.75, 3.05) is 12.5 Å². The molecule has 0 spiro atoms. The highest BCUT2D eigenvalue weighted by Crippen LogP contribution is 2.25. The number of hydrogen-bond acceptors (Lipinski definition) is 5. The summed E-state index contributed by atoms with van der Waals surface area (Å²) in [6.07, 6.45) is 1.47. The van der Waals surface area contributed by atoms with Crippen molar-refractivity contribution >= 4 is 28.3 Å². The Hall–Kier alpha value is -2.25. The van der Waals surface area contributed by atoms with Crippen molar-refractivity contribution in [3.8, 4) is 0 Å². The third kappa shape index (κ3) is 2.60. The summed E-state index contributed by atoms with van der Waals surface area (Å²) >= 11 is 1.35. The van der Waals surface area contributed by atoms with E-state index in [0.717, 1.165) is 16.0 Å². The van der Waals surface area contributed by atoms with Gasteiger partial charge in [0, 0.05) is 7.11 Å². The third-order valence-electron chi connectivity index (χ3n) is 3.40. The minimum absolute atomic E-state index is 0.126. The highest BCUT2D eigenvalue weighted by Gasteiger charge is 2.19. The van der Waals surface area contributed by atoms with Crippen molar-refractivity contribution in [3.63, 3.8) is 0 Å². The summed E-state index contributed by atoms with van der Waals surface area (Å²) in [7, 11) is 1.62. The van der Waals surface area contributed by atoms with Crippen molar-refractivity contribution in [1.29, 1.82) is 0 Å². The fourth-order valence-electron chi connectivity index (χ4n) is 2.11. The number of carbonyl (C=O) groups excluding carboxylic acids is 1. The molecule has 1 atom stereocenters. The van der Waals surface area contributed by atoms with Crippen LogP contribution in [0.2, 0.25) is 0 Å². The van der Waals surface area contributed by atoms with Crippen LogP contribution in [0, 0.1) is 6.92 Å². The van der Waals surface area contributed by atoms with Gasteiger partial charge in [-0.05, 0) is 26.0 Å². The first-order valence-corrected chi connectivity index (χ1v) is 7.65. The maximum Gasteiger partial charge on any atom is 0.282 e. The zero-order valence-corrected chi connectivity index (χ0v) is 13.3. The topological polar surface area (TPSA) is 69.0 Å². The van der Waals surface area contributed by atoms with Crippen LogP contribution in [-0.4, -0.2) is 27.7 Å². The molecule has 2 aromatic heterocycles. The first kappa shape index (κ1) is 14.7. The molecule has 0 aliphatic carbocycles.